The molecule has 0 aliphatic rings. The van der Waals surface area contributed by atoms with Crippen molar-refractivity contribution in [1.29, 1.82) is 0 Å². The summed E-state index contributed by atoms with van der Waals surface area (Å²) in [4.78, 5) is -18.7. The first-order valence-corrected chi connectivity index (χ1v) is 5.19. The molecule has 0 spiro atoms. The Morgan fingerprint density at radius 1 is 0.500 bits per heavy atom. The summed E-state index contributed by atoms with van der Waals surface area (Å²) in [6, 6.07) is 0. The Labute approximate surface area is 93.1 Å². The average molecular weight is 410 g/mol. The third-order valence-corrected chi connectivity index (χ3v) is 3.95. The zero-order chi connectivity index (χ0) is 11.1. The van der Waals surface area contributed by atoms with Crippen LogP contribution in [0.3, 0.4) is 0 Å². The predicted octanol–water partition coefficient (Wildman–Crippen LogP) is 3.40. The Morgan fingerprint density at radius 2 is 0.643 bits per heavy atom. The van der Waals surface area contributed by atoms with Crippen LogP contribution in [0.25, 0.3) is 0 Å². The van der Waals surface area contributed by atoms with Crippen LogP contribution in [0.5, 0.6) is 0 Å². The normalized spacial score (nSPS) is 14.1. The molecule has 0 aromatic rings. The first kappa shape index (κ1) is 17.1. The molecule has 0 nitrogen and oxygen atoms in total. The molecule has 0 aliphatic carbocycles. The molecule has 0 atom stereocenters. The average Bonchev–Trinajstić information content (AvgIpc) is 1.44. The van der Waals surface area contributed by atoms with Gasteiger partial charge in [0.2, 0.25) is 0 Å². The van der Waals surface area contributed by atoms with Gasteiger partial charge in [0.25, 0.3) is 0 Å². The molecule has 0 saturated carbocycles. The predicted molar refractivity (Wildman–Crippen MR) is 39.3 cm³/mol. The van der Waals surface area contributed by atoms with Gasteiger partial charge in [0.15, 0.2) is 0 Å². The number of hydrogen-bond donors (Lipinski definition) is 0. The topological polar surface area (TPSA) is 0 Å². The fourth-order valence-corrected chi connectivity index (χ4v) is 2.24. The van der Waals surface area contributed by atoms with Crippen LogP contribution < -0.4 is 0 Å². The molecule has 0 bridgehead atoms. The Kier molecular flexibility index (Phi) is 5.69. The maximum absolute atomic E-state index is 11.3. The monoisotopic (exact) mass is 410 g/mol. The minimum atomic E-state index is -6.87. The molecule has 0 unspecified atom stereocenters. The van der Waals surface area contributed by atoms with E-state index in [0.717, 1.165) is 0 Å². The summed E-state index contributed by atoms with van der Waals surface area (Å²) in [5, 5.41) is 0. The molecule has 0 aromatic heterocycles. The van der Waals surface area contributed by atoms with E-state index < -0.39 is 29.5 Å². The third-order valence-electron chi connectivity index (χ3n) is 0.761. The van der Waals surface area contributed by atoms with Gasteiger partial charge in [0.05, 0.1) is 0 Å². The molecule has 0 radical (unpaired) electrons. The van der Waals surface area contributed by atoms with Crippen molar-refractivity contribution in [3.8, 4) is 0 Å². The molecule has 0 rings (SSSR count). The van der Waals surface area contributed by atoms with Crippen LogP contribution in [-0.2, 0) is 0 Å². The van der Waals surface area contributed by atoms with Gasteiger partial charge in [-0.3, -0.25) is 0 Å². The van der Waals surface area contributed by atoms with Crippen molar-refractivity contribution in [1.82, 2.24) is 0 Å². The second-order valence-corrected chi connectivity index (χ2v) is 6.34. The van der Waals surface area contributed by atoms with Crippen molar-refractivity contribution >= 4 is 38.6 Å². The van der Waals surface area contributed by atoms with E-state index in [1.54, 1.807) is 0 Å². The quantitative estimate of drug-likeness (QED) is 0.327. The maximum atomic E-state index is 11.3. The van der Waals surface area contributed by atoms with E-state index >= 15 is 0 Å². The molecule has 14 heavy (non-hydrogen) atoms. The van der Waals surface area contributed by atoms with Crippen molar-refractivity contribution in [3.05, 3.63) is 0 Å². The largest absolute Gasteiger partial charge is 0.107 e. The Hall–Kier alpha value is 0.658. The fourth-order valence-electron chi connectivity index (χ4n) is 0.431. The maximum Gasteiger partial charge on any atom is -0.107 e. The molecule has 88 valence electrons. The van der Waals surface area contributed by atoms with Gasteiger partial charge in [0.1, 0.15) is 0 Å². The SMILES string of the molecule is FC(F)(F)[As](C(F)(F)F)C(F)(F)F.I. The van der Waals surface area contributed by atoms with Crippen molar-refractivity contribution in [2.45, 2.75) is 14.9 Å². The van der Waals surface area contributed by atoms with E-state index in [0.29, 0.717) is 0 Å². The van der Waals surface area contributed by atoms with E-state index in [9.17, 15) is 39.5 Å². The molecule has 11 heteroatoms. The zero-order valence-electron chi connectivity index (χ0n) is 5.76. The van der Waals surface area contributed by atoms with E-state index in [1.165, 1.54) is 0 Å². The van der Waals surface area contributed by atoms with Crippen LogP contribution in [0.2, 0.25) is 0 Å². The minimum absolute atomic E-state index is 0. The van der Waals surface area contributed by atoms with Crippen LogP contribution in [-0.4, -0.2) is 29.5 Å². The van der Waals surface area contributed by atoms with Crippen LogP contribution in [0.4, 0.5) is 39.5 Å². The summed E-state index contributed by atoms with van der Waals surface area (Å²) in [5.41, 5.74) is 0. The summed E-state index contributed by atoms with van der Waals surface area (Å²) >= 11 is -6.87. The standard InChI is InChI=1S/C3AsF9.HI/c5-1(6,7)4(2(8,9)10)3(11,12)13;/h;1H. The second-order valence-electron chi connectivity index (χ2n) is 1.74. The van der Waals surface area contributed by atoms with Gasteiger partial charge in [0, 0.05) is 0 Å². The molecule has 0 N–H and O–H groups in total. The number of rotatable bonds is 0. The van der Waals surface area contributed by atoms with Gasteiger partial charge in [-0.1, -0.05) is 0 Å². The van der Waals surface area contributed by atoms with Gasteiger partial charge in [-0.05, 0) is 0 Å². The summed E-state index contributed by atoms with van der Waals surface area (Å²) < 4.78 is 102. The van der Waals surface area contributed by atoms with Crippen LogP contribution in [0.15, 0.2) is 0 Å². The number of halogens is 10. The third kappa shape index (κ3) is 4.94. The summed E-state index contributed by atoms with van der Waals surface area (Å²) in [5.74, 6) is 0. The minimum Gasteiger partial charge on any atom is -0.107 e. The number of hydrogen-bond acceptors (Lipinski definition) is 0. The smallest absolute Gasteiger partial charge is 0.107 e. The van der Waals surface area contributed by atoms with Gasteiger partial charge >= 0.3 is 69.1 Å². The zero-order valence-corrected chi connectivity index (χ0v) is 9.96. The first-order chi connectivity index (χ1) is 5.37. The second kappa shape index (κ2) is 4.67. The summed E-state index contributed by atoms with van der Waals surface area (Å²) in [6.45, 7) is 0. The summed E-state index contributed by atoms with van der Waals surface area (Å²) in [6.07, 6.45) is 0. The number of alkyl halides is 9. The van der Waals surface area contributed by atoms with Crippen molar-refractivity contribution < 1.29 is 39.5 Å². The van der Waals surface area contributed by atoms with Crippen molar-refractivity contribution in [2.75, 3.05) is 0 Å². The van der Waals surface area contributed by atoms with Crippen molar-refractivity contribution in [2.24, 2.45) is 0 Å². The Balaban J connectivity index is 0. The Bertz CT molecular complexity index is 143. The van der Waals surface area contributed by atoms with E-state index in [-0.39, 0.29) is 24.0 Å². The van der Waals surface area contributed by atoms with E-state index in [4.69, 9.17) is 0 Å². The van der Waals surface area contributed by atoms with Crippen LogP contribution >= 0.6 is 24.0 Å². The molecule has 0 heterocycles. The van der Waals surface area contributed by atoms with E-state index in [2.05, 4.69) is 0 Å². The molecule has 0 aliphatic heterocycles. The van der Waals surface area contributed by atoms with Gasteiger partial charge in [-0.2, -0.15) is 0 Å². The Morgan fingerprint density at radius 3 is 0.643 bits per heavy atom. The van der Waals surface area contributed by atoms with Gasteiger partial charge in [-0.25, -0.2) is 0 Å². The van der Waals surface area contributed by atoms with Crippen molar-refractivity contribution in [3.63, 3.8) is 0 Å². The first-order valence-electron chi connectivity index (χ1n) is 2.37. The van der Waals surface area contributed by atoms with E-state index in [1.807, 2.05) is 0 Å². The molecular weight excluding hydrogens is 409 g/mol. The molecular formula is C3HAsF9I. The van der Waals surface area contributed by atoms with Gasteiger partial charge in [-0.15, -0.1) is 24.0 Å². The fraction of sp³-hybridized carbons (Fsp3) is 1.00. The van der Waals surface area contributed by atoms with Gasteiger partial charge < -0.3 is 0 Å². The molecule has 0 saturated heterocycles. The summed E-state index contributed by atoms with van der Waals surface area (Å²) in [7, 11) is 0. The molecule has 0 amide bonds. The molecule has 0 aromatic carbocycles. The van der Waals surface area contributed by atoms with Crippen LogP contribution in [0, 0.1) is 0 Å². The van der Waals surface area contributed by atoms with Crippen LogP contribution in [0.1, 0.15) is 0 Å². The molecule has 0 fully saturated rings.